The van der Waals surface area contributed by atoms with Crippen LogP contribution in [0.4, 0.5) is 0 Å². The third-order valence-corrected chi connectivity index (χ3v) is 6.14. The summed E-state index contributed by atoms with van der Waals surface area (Å²) in [5.41, 5.74) is 5.04. The van der Waals surface area contributed by atoms with Gasteiger partial charge in [-0.3, -0.25) is 15.0 Å². The first-order chi connectivity index (χ1) is 17.6. The number of nitrogens with one attached hydrogen (secondary N) is 1. The Morgan fingerprint density at radius 3 is 2.61 bits per heavy atom. The number of benzene rings is 3. The molecule has 0 saturated carbocycles. The van der Waals surface area contributed by atoms with Gasteiger partial charge in [-0.2, -0.15) is 5.10 Å². The van der Waals surface area contributed by atoms with Gasteiger partial charge in [-0.15, -0.1) is 0 Å². The van der Waals surface area contributed by atoms with Gasteiger partial charge in [-0.1, -0.05) is 54.1 Å². The predicted octanol–water partition coefficient (Wildman–Crippen LogP) is 4.67. The molecule has 0 saturated heterocycles. The number of hydrogen-bond donors (Lipinski definition) is 1. The van der Waals surface area contributed by atoms with Crippen molar-refractivity contribution < 1.29 is 9.53 Å². The number of carbonyl (C=O) groups is 1. The first kappa shape index (κ1) is 21.8. The SMILES string of the molecule is O=C(COc1ccc2ccccc2c1)Nn1ccc2c(cnc3c(-c4ccc(Cl)cc4)cnn32)c1=O. The molecule has 36 heavy (non-hydrogen) atoms. The maximum atomic E-state index is 13.1. The number of aromatic nitrogens is 4. The van der Waals surface area contributed by atoms with Crippen LogP contribution in [0.15, 0.2) is 96.2 Å². The van der Waals surface area contributed by atoms with Crippen molar-refractivity contribution in [2.45, 2.75) is 0 Å². The van der Waals surface area contributed by atoms with Gasteiger partial charge in [0.05, 0.1) is 17.1 Å². The summed E-state index contributed by atoms with van der Waals surface area (Å²) in [6.07, 6.45) is 4.67. The summed E-state index contributed by atoms with van der Waals surface area (Å²) in [4.78, 5) is 30.0. The van der Waals surface area contributed by atoms with Gasteiger partial charge >= 0.3 is 0 Å². The van der Waals surface area contributed by atoms with E-state index in [9.17, 15) is 9.59 Å². The first-order valence-corrected chi connectivity index (χ1v) is 11.5. The van der Waals surface area contributed by atoms with E-state index in [1.807, 2.05) is 48.5 Å². The fourth-order valence-corrected chi connectivity index (χ4v) is 4.24. The molecule has 9 heteroatoms. The number of halogens is 1. The number of pyridine rings is 1. The van der Waals surface area contributed by atoms with Crippen LogP contribution in [-0.2, 0) is 4.79 Å². The van der Waals surface area contributed by atoms with Crippen molar-refractivity contribution in [3.8, 4) is 16.9 Å². The number of fused-ring (bicyclic) bond motifs is 4. The van der Waals surface area contributed by atoms with Crippen LogP contribution in [0.25, 0.3) is 38.4 Å². The summed E-state index contributed by atoms with van der Waals surface area (Å²) in [6, 6.07) is 22.5. The van der Waals surface area contributed by atoms with Gasteiger partial charge in [0, 0.05) is 23.0 Å². The average molecular weight is 496 g/mol. The predicted molar refractivity (Wildman–Crippen MR) is 139 cm³/mol. The van der Waals surface area contributed by atoms with Crippen molar-refractivity contribution in [3.63, 3.8) is 0 Å². The Morgan fingerprint density at radius 1 is 0.972 bits per heavy atom. The first-order valence-electron chi connectivity index (χ1n) is 11.1. The number of hydrogen-bond acceptors (Lipinski definition) is 5. The van der Waals surface area contributed by atoms with Crippen molar-refractivity contribution >= 4 is 44.8 Å². The van der Waals surface area contributed by atoms with Crippen LogP contribution in [0.5, 0.6) is 5.75 Å². The van der Waals surface area contributed by atoms with E-state index in [-0.39, 0.29) is 6.61 Å². The van der Waals surface area contributed by atoms with Crippen LogP contribution < -0.4 is 15.7 Å². The van der Waals surface area contributed by atoms with Gasteiger partial charge in [-0.25, -0.2) is 14.2 Å². The molecule has 176 valence electrons. The molecule has 0 radical (unpaired) electrons. The molecule has 6 aromatic rings. The van der Waals surface area contributed by atoms with E-state index in [4.69, 9.17) is 16.3 Å². The van der Waals surface area contributed by atoms with Gasteiger partial charge < -0.3 is 4.74 Å². The molecule has 0 unspecified atom stereocenters. The van der Waals surface area contributed by atoms with Crippen LogP contribution >= 0.6 is 11.6 Å². The third-order valence-electron chi connectivity index (χ3n) is 5.89. The molecule has 0 spiro atoms. The molecule has 0 atom stereocenters. The molecule has 1 amide bonds. The Balaban J connectivity index is 1.24. The number of ether oxygens (including phenoxy) is 1. The Labute approximate surface area is 209 Å². The van der Waals surface area contributed by atoms with E-state index in [1.54, 1.807) is 35.0 Å². The molecule has 0 aliphatic heterocycles. The molecule has 0 aliphatic rings. The Hall–Kier alpha value is -4.69. The van der Waals surface area contributed by atoms with Gasteiger partial charge in [0.15, 0.2) is 12.3 Å². The molecule has 3 aromatic heterocycles. The van der Waals surface area contributed by atoms with Gasteiger partial charge in [-0.05, 0) is 46.7 Å². The van der Waals surface area contributed by atoms with Crippen LogP contribution in [0.1, 0.15) is 0 Å². The molecule has 0 fully saturated rings. The number of carbonyl (C=O) groups excluding carboxylic acids is 1. The summed E-state index contributed by atoms with van der Waals surface area (Å²) in [6.45, 7) is -0.246. The van der Waals surface area contributed by atoms with Crippen LogP contribution in [0, 0.1) is 0 Å². The lowest BCUT2D eigenvalue weighted by Gasteiger charge is -2.11. The lowest BCUT2D eigenvalue weighted by atomic mass is 10.1. The molecule has 8 nitrogen and oxygen atoms in total. The standard InChI is InChI=1S/C27H18ClN5O3/c28-20-8-5-18(6-9-20)22-15-30-33-24-11-12-32(27(35)23(24)14-29-26(22)33)31-25(34)16-36-21-10-7-17-3-1-2-4-19(17)13-21/h1-15H,16H2,(H,31,34). The topological polar surface area (TPSA) is 90.5 Å². The second-order valence-electron chi connectivity index (χ2n) is 8.18. The highest BCUT2D eigenvalue weighted by Gasteiger charge is 2.14. The molecule has 0 aliphatic carbocycles. The molecule has 0 bridgehead atoms. The van der Waals surface area contributed by atoms with E-state index < -0.39 is 11.5 Å². The lowest BCUT2D eigenvalue weighted by molar-refractivity contribution is -0.119. The zero-order valence-electron chi connectivity index (χ0n) is 18.8. The maximum Gasteiger partial charge on any atom is 0.280 e. The summed E-state index contributed by atoms with van der Waals surface area (Å²) in [5.74, 6) is 0.0965. The normalized spacial score (nSPS) is 11.2. The summed E-state index contributed by atoms with van der Waals surface area (Å²) >= 11 is 6.00. The van der Waals surface area contributed by atoms with Gasteiger partial charge in [0.1, 0.15) is 5.75 Å². The fourth-order valence-electron chi connectivity index (χ4n) is 4.11. The highest BCUT2D eigenvalue weighted by Crippen LogP contribution is 2.26. The highest BCUT2D eigenvalue weighted by atomic mass is 35.5. The largest absolute Gasteiger partial charge is 0.484 e. The molecular formula is C27H18ClN5O3. The molecule has 1 N–H and O–H groups in total. The minimum absolute atomic E-state index is 0.246. The second kappa shape index (κ2) is 8.83. The third kappa shape index (κ3) is 3.93. The fraction of sp³-hybridized carbons (Fsp3) is 0.0370. The average Bonchev–Trinajstić information content (AvgIpc) is 3.34. The quantitative estimate of drug-likeness (QED) is 0.375. The minimum atomic E-state index is -0.470. The van der Waals surface area contributed by atoms with E-state index in [0.29, 0.717) is 27.3 Å². The number of nitrogens with zero attached hydrogens (tertiary/aromatic N) is 4. The van der Waals surface area contributed by atoms with E-state index >= 15 is 0 Å². The number of amides is 1. The van der Waals surface area contributed by atoms with E-state index in [2.05, 4.69) is 15.5 Å². The summed E-state index contributed by atoms with van der Waals surface area (Å²) in [5, 5.41) is 7.47. The molecular weight excluding hydrogens is 478 g/mol. The molecule has 3 aromatic carbocycles. The Bertz CT molecular complexity index is 1830. The van der Waals surface area contributed by atoms with Crippen LogP contribution in [0.3, 0.4) is 0 Å². The van der Waals surface area contributed by atoms with E-state index in [0.717, 1.165) is 26.6 Å². The van der Waals surface area contributed by atoms with Crippen molar-refractivity contribution in [1.29, 1.82) is 0 Å². The highest BCUT2D eigenvalue weighted by molar-refractivity contribution is 6.30. The Morgan fingerprint density at radius 2 is 1.78 bits per heavy atom. The molecule has 3 heterocycles. The van der Waals surface area contributed by atoms with Crippen molar-refractivity contribution in [2.75, 3.05) is 12.0 Å². The smallest absolute Gasteiger partial charge is 0.280 e. The van der Waals surface area contributed by atoms with Crippen molar-refractivity contribution in [2.24, 2.45) is 0 Å². The lowest BCUT2D eigenvalue weighted by Crippen LogP contribution is -2.35. The van der Waals surface area contributed by atoms with Crippen molar-refractivity contribution in [3.05, 3.63) is 107 Å². The zero-order valence-corrected chi connectivity index (χ0v) is 19.5. The maximum absolute atomic E-state index is 13.1. The van der Waals surface area contributed by atoms with Crippen LogP contribution in [-0.4, -0.2) is 31.8 Å². The van der Waals surface area contributed by atoms with E-state index in [1.165, 1.54) is 12.4 Å². The van der Waals surface area contributed by atoms with Gasteiger partial charge in [0.2, 0.25) is 0 Å². The monoisotopic (exact) mass is 495 g/mol. The summed E-state index contributed by atoms with van der Waals surface area (Å²) < 4.78 is 8.35. The summed E-state index contributed by atoms with van der Waals surface area (Å²) in [7, 11) is 0. The minimum Gasteiger partial charge on any atom is -0.484 e. The Kier molecular flexibility index (Phi) is 5.35. The number of rotatable bonds is 5. The second-order valence-corrected chi connectivity index (χ2v) is 8.62. The molecule has 6 rings (SSSR count). The van der Waals surface area contributed by atoms with Crippen molar-refractivity contribution in [1.82, 2.24) is 19.3 Å². The van der Waals surface area contributed by atoms with Gasteiger partial charge in [0.25, 0.3) is 11.5 Å². The van der Waals surface area contributed by atoms with Crippen LogP contribution in [0.2, 0.25) is 5.02 Å². The zero-order chi connectivity index (χ0) is 24.6.